The number of hydrogen-bond acceptors (Lipinski definition) is 6. The number of ketones is 1. The fourth-order valence-corrected chi connectivity index (χ4v) is 3.64. The minimum absolute atomic E-state index is 0.00340. The number of nitrogens with two attached hydrogens (primary N) is 1. The average molecular weight is 388 g/mol. The first kappa shape index (κ1) is 19.0. The van der Waals surface area contributed by atoms with Crippen LogP contribution < -0.4 is 5.73 Å². The van der Waals surface area contributed by atoms with E-state index in [1.807, 2.05) is 18.2 Å². The fourth-order valence-electron chi connectivity index (χ4n) is 3.64. The van der Waals surface area contributed by atoms with E-state index >= 15 is 0 Å². The summed E-state index contributed by atoms with van der Waals surface area (Å²) < 4.78 is 2.22. The van der Waals surface area contributed by atoms with Gasteiger partial charge in [0.15, 0.2) is 11.6 Å². The lowest BCUT2D eigenvalue weighted by molar-refractivity contribution is 0.0973. The van der Waals surface area contributed by atoms with E-state index in [9.17, 15) is 4.79 Å². The molecule has 0 aliphatic rings. The maximum Gasteiger partial charge on any atom is 0.182 e. The first-order valence-corrected chi connectivity index (χ1v) is 10.0. The van der Waals surface area contributed by atoms with E-state index in [-0.39, 0.29) is 5.78 Å². The van der Waals surface area contributed by atoms with Crippen LogP contribution >= 0.6 is 0 Å². The van der Waals surface area contributed by atoms with Crippen molar-refractivity contribution in [3.8, 4) is 0 Å². The smallest absolute Gasteiger partial charge is 0.182 e. The molecule has 3 heterocycles. The van der Waals surface area contributed by atoms with Gasteiger partial charge in [-0.15, -0.1) is 0 Å². The van der Waals surface area contributed by atoms with Gasteiger partial charge in [0.2, 0.25) is 0 Å². The van der Waals surface area contributed by atoms with Crippen LogP contribution in [0.25, 0.3) is 21.9 Å². The number of anilines is 1. The Hall–Kier alpha value is -3.35. The second-order valence-electron chi connectivity index (χ2n) is 7.11. The summed E-state index contributed by atoms with van der Waals surface area (Å²) in [6.45, 7) is 2.85. The van der Waals surface area contributed by atoms with Crippen LogP contribution in [-0.2, 0) is 13.0 Å². The lowest BCUT2D eigenvalue weighted by Gasteiger charge is -2.10. The number of nitrogens with zero attached hydrogens (tertiary/aromatic N) is 5. The molecule has 29 heavy (non-hydrogen) atoms. The van der Waals surface area contributed by atoms with Crippen LogP contribution in [0.15, 0.2) is 42.9 Å². The van der Waals surface area contributed by atoms with Crippen molar-refractivity contribution in [2.45, 2.75) is 45.6 Å². The molecule has 0 unspecified atom stereocenters. The summed E-state index contributed by atoms with van der Waals surface area (Å²) in [7, 11) is 0. The van der Waals surface area contributed by atoms with Crippen molar-refractivity contribution >= 4 is 33.5 Å². The molecule has 0 radical (unpaired) electrons. The monoisotopic (exact) mass is 388 g/mol. The van der Waals surface area contributed by atoms with Gasteiger partial charge in [0.05, 0.1) is 17.2 Å². The summed E-state index contributed by atoms with van der Waals surface area (Å²) in [6.07, 6.45) is 8.73. The summed E-state index contributed by atoms with van der Waals surface area (Å²) in [4.78, 5) is 29.8. The second kappa shape index (κ2) is 8.34. The Bertz CT molecular complexity index is 1150. The molecule has 0 fully saturated rings. The zero-order valence-corrected chi connectivity index (χ0v) is 16.5. The molecular weight excluding hydrogens is 364 g/mol. The van der Waals surface area contributed by atoms with Crippen molar-refractivity contribution in [1.82, 2.24) is 24.5 Å². The highest BCUT2D eigenvalue weighted by Crippen LogP contribution is 2.29. The number of aromatic nitrogens is 5. The molecule has 0 aliphatic carbocycles. The Morgan fingerprint density at radius 1 is 1.14 bits per heavy atom. The van der Waals surface area contributed by atoms with Gasteiger partial charge in [-0.1, -0.05) is 31.5 Å². The van der Waals surface area contributed by atoms with Crippen molar-refractivity contribution in [3.63, 3.8) is 0 Å². The van der Waals surface area contributed by atoms with E-state index in [1.54, 1.807) is 12.4 Å². The largest absolute Gasteiger partial charge is 0.382 e. The molecule has 7 heteroatoms. The minimum atomic E-state index is 0.00340. The molecule has 4 rings (SSSR count). The van der Waals surface area contributed by atoms with E-state index in [0.29, 0.717) is 30.9 Å². The standard InChI is InChI=1S/C22H24N6O/c1-2-3-10-19-27-20-21(15-7-4-5-8-16(15)26-22(20)23)28(19)13-6-9-18(29)17-14-24-11-12-25-17/h4-5,7-8,11-12,14H,2-3,6,9-10,13H2,1H3,(H2,23,26). The normalized spacial score (nSPS) is 11.3. The lowest BCUT2D eigenvalue weighted by atomic mass is 10.1. The van der Waals surface area contributed by atoms with Gasteiger partial charge in [0.25, 0.3) is 0 Å². The topological polar surface area (TPSA) is 99.6 Å². The number of nitrogen functional groups attached to an aromatic ring is 1. The quantitative estimate of drug-likeness (QED) is 0.459. The predicted octanol–water partition coefficient (Wildman–Crippen LogP) is 3.96. The molecule has 148 valence electrons. The number of fused-ring (bicyclic) bond motifs is 3. The fraction of sp³-hybridized carbons (Fsp3) is 0.318. The van der Waals surface area contributed by atoms with Crippen molar-refractivity contribution in [3.05, 3.63) is 54.4 Å². The van der Waals surface area contributed by atoms with E-state index in [2.05, 4.69) is 32.5 Å². The molecule has 0 amide bonds. The van der Waals surface area contributed by atoms with Crippen LogP contribution in [0.2, 0.25) is 0 Å². The molecule has 0 bridgehead atoms. The van der Waals surface area contributed by atoms with E-state index in [1.165, 1.54) is 6.20 Å². The first-order valence-electron chi connectivity index (χ1n) is 10.0. The van der Waals surface area contributed by atoms with Gasteiger partial charge < -0.3 is 10.3 Å². The predicted molar refractivity (Wildman–Crippen MR) is 114 cm³/mol. The summed E-state index contributed by atoms with van der Waals surface area (Å²) in [5, 5.41) is 1.03. The van der Waals surface area contributed by atoms with Crippen LogP contribution in [0.5, 0.6) is 0 Å². The number of aryl methyl sites for hydroxylation is 2. The molecule has 2 N–H and O–H groups in total. The van der Waals surface area contributed by atoms with E-state index in [0.717, 1.165) is 47.0 Å². The van der Waals surface area contributed by atoms with Gasteiger partial charge in [0.1, 0.15) is 17.0 Å². The van der Waals surface area contributed by atoms with Gasteiger partial charge in [-0.25, -0.2) is 15.0 Å². The Labute approximate surface area is 169 Å². The highest BCUT2D eigenvalue weighted by molar-refractivity contribution is 6.06. The van der Waals surface area contributed by atoms with Gasteiger partial charge >= 0.3 is 0 Å². The molecule has 0 saturated heterocycles. The van der Waals surface area contributed by atoms with Crippen LogP contribution in [0.3, 0.4) is 0 Å². The van der Waals surface area contributed by atoms with Crippen molar-refractivity contribution in [2.75, 3.05) is 5.73 Å². The van der Waals surface area contributed by atoms with Crippen LogP contribution in [0.1, 0.15) is 48.9 Å². The maximum atomic E-state index is 12.4. The molecule has 0 atom stereocenters. The lowest BCUT2D eigenvalue weighted by Crippen LogP contribution is -2.08. The number of unbranched alkanes of at least 4 members (excludes halogenated alkanes) is 1. The van der Waals surface area contributed by atoms with E-state index in [4.69, 9.17) is 10.7 Å². The number of para-hydroxylation sites is 1. The third kappa shape index (κ3) is 3.81. The second-order valence-corrected chi connectivity index (χ2v) is 7.11. The number of benzene rings is 1. The highest BCUT2D eigenvalue weighted by Gasteiger charge is 2.17. The molecule has 0 spiro atoms. The SMILES string of the molecule is CCCCc1nc2c(N)nc3ccccc3c2n1CCCC(=O)c1cnccn1. The third-order valence-electron chi connectivity index (χ3n) is 5.08. The highest BCUT2D eigenvalue weighted by atomic mass is 16.1. The number of rotatable bonds is 8. The van der Waals surface area contributed by atoms with Crippen molar-refractivity contribution in [1.29, 1.82) is 0 Å². The number of Topliss-reactive ketones (excluding diaryl/α,β-unsaturated/α-hetero) is 1. The molecule has 3 aromatic heterocycles. The summed E-state index contributed by atoms with van der Waals surface area (Å²) in [5.41, 5.74) is 9.25. The number of hydrogen-bond donors (Lipinski definition) is 1. The van der Waals surface area contributed by atoms with Crippen molar-refractivity contribution in [2.24, 2.45) is 0 Å². The molecule has 4 aromatic rings. The Morgan fingerprint density at radius 2 is 2.00 bits per heavy atom. The zero-order chi connectivity index (χ0) is 20.2. The van der Waals surface area contributed by atoms with Gasteiger partial charge in [0, 0.05) is 37.2 Å². The van der Waals surface area contributed by atoms with Gasteiger partial charge in [-0.05, 0) is 18.9 Å². The van der Waals surface area contributed by atoms with Crippen LogP contribution in [0, 0.1) is 0 Å². The summed E-state index contributed by atoms with van der Waals surface area (Å²) in [6, 6.07) is 7.97. The molecule has 7 nitrogen and oxygen atoms in total. The maximum absolute atomic E-state index is 12.4. The Morgan fingerprint density at radius 3 is 2.79 bits per heavy atom. The zero-order valence-electron chi connectivity index (χ0n) is 16.5. The van der Waals surface area contributed by atoms with Crippen LogP contribution in [0.4, 0.5) is 5.82 Å². The average Bonchev–Trinajstić information content (AvgIpc) is 3.12. The van der Waals surface area contributed by atoms with Crippen molar-refractivity contribution < 1.29 is 4.79 Å². The Kier molecular flexibility index (Phi) is 5.46. The first-order chi connectivity index (χ1) is 14.2. The molecule has 0 aliphatic heterocycles. The summed E-state index contributed by atoms with van der Waals surface area (Å²) in [5.74, 6) is 1.45. The molecule has 0 saturated carbocycles. The molecular formula is C22H24N6O. The van der Waals surface area contributed by atoms with Gasteiger partial charge in [-0.2, -0.15) is 0 Å². The third-order valence-corrected chi connectivity index (χ3v) is 5.08. The van der Waals surface area contributed by atoms with E-state index < -0.39 is 0 Å². The van der Waals surface area contributed by atoms with Crippen LogP contribution in [-0.4, -0.2) is 30.3 Å². The molecule has 1 aromatic carbocycles. The Balaban J connectivity index is 1.68. The van der Waals surface area contributed by atoms with Gasteiger partial charge in [-0.3, -0.25) is 9.78 Å². The summed E-state index contributed by atoms with van der Waals surface area (Å²) >= 11 is 0. The number of carbonyl (C=O) groups is 1. The minimum Gasteiger partial charge on any atom is -0.382 e. The number of imidazole rings is 1. The number of pyridine rings is 1. The number of carbonyl (C=O) groups excluding carboxylic acids is 1.